The predicted octanol–water partition coefficient (Wildman–Crippen LogP) is 0.975. The van der Waals surface area contributed by atoms with Crippen molar-refractivity contribution in [1.29, 1.82) is 0 Å². The van der Waals surface area contributed by atoms with Crippen LogP contribution in [0.2, 0.25) is 0 Å². The average Bonchev–Trinajstić information content (AvgIpc) is 2.14. The monoisotopic (exact) mass is 248 g/mol. The first kappa shape index (κ1) is 13.1. The van der Waals surface area contributed by atoms with Gasteiger partial charge < -0.3 is 27.4 Å². The minimum atomic E-state index is -6.00. The van der Waals surface area contributed by atoms with E-state index in [1.165, 1.54) is 0 Å². The molecule has 0 aliphatic heterocycles. The molecule has 0 saturated heterocycles. The van der Waals surface area contributed by atoms with Crippen LogP contribution < -0.4 is 16.7 Å². The number of nitrogen functional groups attached to an aromatic ring is 1. The zero-order valence-electron chi connectivity index (χ0n) is 8.54. The molecule has 17 heavy (non-hydrogen) atoms. The number of rotatable bonds is 0. The van der Waals surface area contributed by atoms with Gasteiger partial charge >= 0.3 is 12.8 Å². The molecule has 0 saturated carbocycles. The summed E-state index contributed by atoms with van der Waals surface area (Å²) < 4.78 is 44.2. The van der Waals surface area contributed by atoms with Gasteiger partial charge in [-0.25, -0.2) is 5.41 Å². The fourth-order valence-electron chi connectivity index (χ4n) is 1.11. The van der Waals surface area contributed by atoms with Crippen molar-refractivity contribution in [2.75, 3.05) is 5.73 Å². The molecule has 92 valence electrons. The van der Waals surface area contributed by atoms with Crippen LogP contribution in [-0.2, 0) is 0 Å². The van der Waals surface area contributed by atoms with Gasteiger partial charge in [0.05, 0.1) is 6.07 Å². The maximum Gasteiger partial charge on any atom is 0.673 e. The van der Waals surface area contributed by atoms with Gasteiger partial charge in [-0.15, -0.1) is 0 Å². The molecule has 4 N–H and O–H groups in total. The van der Waals surface area contributed by atoms with E-state index in [-0.39, 0.29) is 0 Å². The Labute approximate surface area is 93.5 Å². The number of hydrogen-bond donors (Lipinski definition) is 2. The van der Waals surface area contributed by atoms with Crippen LogP contribution in [0.15, 0.2) is 34.7 Å². The smallest absolute Gasteiger partial charge is 0.418 e. The zero-order chi connectivity index (χ0) is 13.1. The highest BCUT2D eigenvalue weighted by atomic mass is 19.5. The van der Waals surface area contributed by atoms with E-state index >= 15 is 0 Å². The second kappa shape index (κ2) is 4.90. The molecule has 0 aliphatic carbocycles. The maximum absolute atomic E-state index is 9.75. The Morgan fingerprint density at radius 2 is 1.59 bits per heavy atom. The summed E-state index contributed by atoms with van der Waals surface area (Å²) in [4.78, 5) is 0. The molecule has 0 radical (unpaired) electrons. The van der Waals surface area contributed by atoms with Gasteiger partial charge in [0.15, 0.2) is 0 Å². The first-order chi connectivity index (χ1) is 7.75. The lowest BCUT2D eigenvalue weighted by Gasteiger charge is -1.95. The summed E-state index contributed by atoms with van der Waals surface area (Å²) in [6.45, 7) is 0. The number of benzene rings is 1. The summed E-state index contributed by atoms with van der Waals surface area (Å²) in [5.41, 5.74) is 7.36. The number of nitrogens with two attached hydrogens (primary N) is 2. The van der Waals surface area contributed by atoms with Crippen LogP contribution in [0.4, 0.5) is 23.0 Å². The molecule has 2 rings (SSSR count). The predicted molar refractivity (Wildman–Crippen MR) is 55.9 cm³/mol. The summed E-state index contributed by atoms with van der Waals surface area (Å²) in [6.07, 6.45) is 0. The third-order valence-corrected chi connectivity index (χ3v) is 1.69. The first-order valence-electron chi connectivity index (χ1n) is 4.51. The Morgan fingerprint density at radius 1 is 1.06 bits per heavy atom. The molecular formula is C9H9BF4N2O. The van der Waals surface area contributed by atoms with Gasteiger partial charge in [0, 0.05) is 17.1 Å². The highest BCUT2D eigenvalue weighted by molar-refractivity contribution is 6.50. The van der Waals surface area contributed by atoms with Gasteiger partial charge in [-0.1, -0.05) is 0 Å². The van der Waals surface area contributed by atoms with E-state index in [9.17, 15) is 17.3 Å². The quantitative estimate of drug-likeness (QED) is 0.414. The lowest BCUT2D eigenvalue weighted by Crippen LogP contribution is -2.44. The molecular weight excluding hydrogens is 239 g/mol. The Hall–Kier alpha value is -1.99. The van der Waals surface area contributed by atoms with Crippen molar-refractivity contribution >= 4 is 23.9 Å². The molecule has 2 aromatic rings. The number of halogens is 4. The number of anilines is 1. The summed E-state index contributed by atoms with van der Waals surface area (Å²) >= 11 is 0. The molecule has 0 fully saturated rings. The molecule has 1 aromatic carbocycles. The third kappa shape index (κ3) is 5.05. The maximum atomic E-state index is 9.75. The molecule has 0 atom stereocenters. The van der Waals surface area contributed by atoms with Gasteiger partial charge in [0.2, 0.25) is 0 Å². The summed E-state index contributed by atoms with van der Waals surface area (Å²) in [7, 11) is -6.00. The fourth-order valence-corrected chi connectivity index (χ4v) is 1.11. The first-order valence-corrected chi connectivity index (χ1v) is 4.51. The molecule has 0 bridgehead atoms. The minimum absolute atomic E-state index is 0.396. The van der Waals surface area contributed by atoms with Gasteiger partial charge in [0.1, 0.15) is 5.58 Å². The molecule has 0 spiro atoms. The van der Waals surface area contributed by atoms with Crippen molar-refractivity contribution in [2.24, 2.45) is 0 Å². The highest BCUT2D eigenvalue weighted by Gasteiger charge is 2.20. The number of fused-ring (bicyclic) bond motifs is 1. The Bertz CT molecular complexity index is 561. The van der Waals surface area contributed by atoms with Gasteiger partial charge in [0.25, 0.3) is 0 Å². The minimum Gasteiger partial charge on any atom is -0.418 e. The van der Waals surface area contributed by atoms with E-state index in [0.717, 1.165) is 11.0 Å². The van der Waals surface area contributed by atoms with Crippen molar-refractivity contribution in [2.45, 2.75) is 0 Å². The zero-order valence-corrected chi connectivity index (χ0v) is 8.54. The standard InChI is InChI=1S/C9H8N2O.BF4/c10-7-3-1-6-2-4-9(11)12-8(6)5-7;2-1(3,4)5/h1-5,11H,10H2;/q;-1/p+1. The fraction of sp³-hybridized carbons (Fsp3) is 0. The van der Waals surface area contributed by atoms with E-state index in [1.807, 2.05) is 18.2 Å². The largest absolute Gasteiger partial charge is 0.673 e. The van der Waals surface area contributed by atoms with Crippen molar-refractivity contribution in [1.82, 2.24) is 0 Å². The summed E-state index contributed by atoms with van der Waals surface area (Å²) in [6, 6.07) is 9.10. The van der Waals surface area contributed by atoms with Crippen LogP contribution in [0.5, 0.6) is 0 Å². The van der Waals surface area contributed by atoms with Gasteiger partial charge in [-0.3, -0.25) is 0 Å². The summed E-state index contributed by atoms with van der Waals surface area (Å²) in [5.74, 6) is 0. The molecule has 8 heteroatoms. The van der Waals surface area contributed by atoms with Crippen molar-refractivity contribution < 1.29 is 27.1 Å². The van der Waals surface area contributed by atoms with Crippen LogP contribution in [0.3, 0.4) is 0 Å². The Kier molecular flexibility index (Phi) is 3.77. The second-order valence-electron chi connectivity index (χ2n) is 3.13. The van der Waals surface area contributed by atoms with Gasteiger partial charge in [-0.2, -0.15) is 0 Å². The average molecular weight is 248 g/mol. The van der Waals surface area contributed by atoms with E-state index in [0.29, 0.717) is 11.2 Å². The van der Waals surface area contributed by atoms with Crippen LogP contribution in [0, 0.1) is 0 Å². The highest BCUT2D eigenvalue weighted by Crippen LogP contribution is 2.14. The van der Waals surface area contributed by atoms with Crippen LogP contribution in [0.1, 0.15) is 0 Å². The molecule has 1 aromatic heterocycles. The van der Waals surface area contributed by atoms with E-state index in [4.69, 9.17) is 15.6 Å². The second-order valence-corrected chi connectivity index (χ2v) is 3.13. The van der Waals surface area contributed by atoms with E-state index in [1.54, 1.807) is 12.1 Å². The SMILES string of the molecule is F[B-](F)(F)F.Nc1ccc2ccc(=[NH2+])oc2c1. The molecule has 3 nitrogen and oxygen atoms in total. The Morgan fingerprint density at radius 3 is 2.18 bits per heavy atom. The van der Waals surface area contributed by atoms with Crippen molar-refractivity contribution in [3.05, 3.63) is 35.9 Å². The van der Waals surface area contributed by atoms with Crippen LogP contribution in [-0.4, -0.2) is 7.25 Å². The van der Waals surface area contributed by atoms with Crippen LogP contribution >= 0.6 is 0 Å². The molecule has 0 unspecified atom stereocenters. The topological polar surface area (TPSA) is 64.8 Å². The van der Waals surface area contributed by atoms with Gasteiger partial charge in [-0.05, 0) is 18.2 Å². The van der Waals surface area contributed by atoms with E-state index < -0.39 is 7.25 Å². The van der Waals surface area contributed by atoms with Crippen LogP contribution in [0.25, 0.3) is 11.0 Å². The van der Waals surface area contributed by atoms with Crippen molar-refractivity contribution in [3.8, 4) is 0 Å². The van der Waals surface area contributed by atoms with Crippen molar-refractivity contribution in [3.63, 3.8) is 0 Å². The lowest BCUT2D eigenvalue weighted by molar-refractivity contribution is -0.197. The van der Waals surface area contributed by atoms with E-state index in [2.05, 4.69) is 0 Å². The normalized spacial score (nSPS) is 10.8. The third-order valence-electron chi connectivity index (χ3n) is 1.69. The summed E-state index contributed by atoms with van der Waals surface area (Å²) in [5, 5.41) is 6.46. The Balaban J connectivity index is 0.000000249. The molecule has 0 aliphatic rings. The molecule has 1 heterocycles. The molecule has 0 amide bonds. The lowest BCUT2D eigenvalue weighted by atomic mass is 10.2. The number of hydrogen-bond acceptors (Lipinski definition) is 2.